The number of rotatable bonds is 12. The Labute approximate surface area is 360 Å². The van der Waals surface area contributed by atoms with Gasteiger partial charge in [-0.15, -0.1) is 0 Å². The first kappa shape index (κ1) is 44.0. The highest BCUT2D eigenvalue weighted by Gasteiger charge is 2.44. The zero-order valence-corrected chi connectivity index (χ0v) is 36.4. The van der Waals surface area contributed by atoms with Gasteiger partial charge >= 0.3 is 18.2 Å². The van der Waals surface area contributed by atoms with Crippen molar-refractivity contribution in [3.8, 4) is 16.9 Å². The number of alkyl carbamates (subject to hydrolysis) is 2. The fourth-order valence-corrected chi connectivity index (χ4v) is 9.14. The number of aliphatic imine (C=N–C) groups is 1. The lowest BCUT2D eigenvalue weighted by atomic mass is 9.90. The number of hydrogen-bond donors (Lipinski definition) is 2. The molecule has 2 saturated heterocycles. The molecule has 3 aromatic rings. The fourth-order valence-electron chi connectivity index (χ4n) is 9.14. The second-order valence-corrected chi connectivity index (χ2v) is 17.1. The maximum absolute atomic E-state index is 14.0. The van der Waals surface area contributed by atoms with Crippen LogP contribution < -0.4 is 15.4 Å². The van der Waals surface area contributed by atoms with Gasteiger partial charge in [-0.25, -0.2) is 14.4 Å². The van der Waals surface area contributed by atoms with Crippen LogP contribution in [0.5, 0.6) is 5.75 Å². The van der Waals surface area contributed by atoms with Gasteiger partial charge in [-0.05, 0) is 96.7 Å². The highest BCUT2D eigenvalue weighted by atomic mass is 16.5. The van der Waals surface area contributed by atoms with E-state index in [1.165, 1.54) is 26.2 Å². The van der Waals surface area contributed by atoms with Crippen molar-refractivity contribution < 1.29 is 52.5 Å². The number of fused-ring (bicyclic) bond motifs is 6. The summed E-state index contributed by atoms with van der Waals surface area (Å²) in [5, 5.41) is 7.21. The SMILES string of the molecule is COC(=O)N[C@H](C(=O)N1[C@@H](C)CC[C@H]1C(=O)OCC(=O)c1ccc2c(c1)COc1cc3c4c(ccc3cc1-2)N=C([C@@H]1C[C@H](C)CN1C(=O)[C@@H](NC(=O)OC)[C@@H](C)OC)C4)C(C)C. The first-order valence-corrected chi connectivity index (χ1v) is 21.1. The van der Waals surface area contributed by atoms with E-state index in [9.17, 15) is 28.8 Å². The first-order valence-electron chi connectivity index (χ1n) is 21.1. The van der Waals surface area contributed by atoms with Crippen LogP contribution in [0.25, 0.3) is 21.9 Å². The molecule has 4 aliphatic rings. The number of carbonyl (C=O) groups excluding carboxylic acids is 6. The maximum Gasteiger partial charge on any atom is 0.407 e. The number of nitrogens with zero attached hydrogens (tertiary/aromatic N) is 3. The molecule has 0 unspecified atom stereocenters. The molecule has 4 heterocycles. The summed E-state index contributed by atoms with van der Waals surface area (Å²) in [7, 11) is 3.97. The van der Waals surface area contributed by atoms with Crippen LogP contribution in [0.4, 0.5) is 15.3 Å². The van der Waals surface area contributed by atoms with E-state index in [0.717, 1.165) is 50.8 Å². The molecular formula is C46H55N5O11. The minimum atomic E-state index is -0.928. The Morgan fingerprint density at radius 2 is 1.60 bits per heavy atom. The molecule has 16 heteroatoms. The summed E-state index contributed by atoms with van der Waals surface area (Å²) in [6.45, 7) is 9.49. The highest BCUT2D eigenvalue weighted by molar-refractivity contribution is 6.07. The molecular weight excluding hydrogens is 799 g/mol. The smallest absolute Gasteiger partial charge is 0.407 e. The van der Waals surface area contributed by atoms with Crippen molar-refractivity contribution in [3.63, 3.8) is 0 Å². The third-order valence-corrected chi connectivity index (χ3v) is 12.6. The zero-order valence-electron chi connectivity index (χ0n) is 36.4. The zero-order chi connectivity index (χ0) is 44.6. The quantitative estimate of drug-likeness (QED) is 0.133. The highest BCUT2D eigenvalue weighted by Crippen LogP contribution is 2.44. The lowest BCUT2D eigenvalue weighted by Crippen LogP contribution is -2.56. The van der Waals surface area contributed by atoms with E-state index in [4.69, 9.17) is 28.7 Å². The number of methoxy groups -OCH3 is 3. The van der Waals surface area contributed by atoms with E-state index >= 15 is 0 Å². The summed E-state index contributed by atoms with van der Waals surface area (Å²) in [5.74, 6) is -1.08. The average molecular weight is 854 g/mol. The van der Waals surface area contributed by atoms with E-state index < -0.39 is 60.7 Å². The number of carbonyl (C=O) groups is 6. The molecule has 2 fully saturated rings. The van der Waals surface area contributed by atoms with Crippen LogP contribution in [0.1, 0.15) is 75.4 Å². The van der Waals surface area contributed by atoms with Crippen LogP contribution in [0.3, 0.4) is 0 Å². The molecule has 0 aliphatic carbocycles. The van der Waals surface area contributed by atoms with E-state index in [-0.39, 0.29) is 36.4 Å². The van der Waals surface area contributed by atoms with E-state index in [1.807, 2.05) is 36.1 Å². The molecule has 7 atom stereocenters. The third-order valence-electron chi connectivity index (χ3n) is 12.6. The van der Waals surface area contributed by atoms with Crippen molar-refractivity contribution in [1.82, 2.24) is 20.4 Å². The van der Waals surface area contributed by atoms with Crippen molar-refractivity contribution in [2.75, 3.05) is 34.5 Å². The predicted octanol–water partition coefficient (Wildman–Crippen LogP) is 5.51. The van der Waals surface area contributed by atoms with Crippen LogP contribution in [0, 0.1) is 11.8 Å². The molecule has 3 aromatic carbocycles. The summed E-state index contributed by atoms with van der Waals surface area (Å²) >= 11 is 0. The first-order chi connectivity index (χ1) is 29.6. The Morgan fingerprint density at radius 1 is 0.871 bits per heavy atom. The summed E-state index contributed by atoms with van der Waals surface area (Å²) in [6, 6.07) is 10.2. The molecule has 0 bridgehead atoms. The number of nitrogens with one attached hydrogen (secondary N) is 2. The van der Waals surface area contributed by atoms with Crippen molar-refractivity contribution in [1.29, 1.82) is 0 Å². The molecule has 16 nitrogen and oxygen atoms in total. The second-order valence-electron chi connectivity index (χ2n) is 17.1. The van der Waals surface area contributed by atoms with Crippen molar-refractivity contribution >= 4 is 57.9 Å². The average Bonchev–Trinajstić information content (AvgIpc) is 4.00. The Hall–Kier alpha value is -6.03. The molecule has 0 aromatic heterocycles. The molecule has 330 valence electrons. The van der Waals surface area contributed by atoms with Gasteiger partial charge in [0.15, 0.2) is 12.4 Å². The Bertz CT molecular complexity index is 2330. The summed E-state index contributed by atoms with van der Waals surface area (Å²) in [6.07, 6.45) is 0.188. The Balaban J connectivity index is 1.04. The third kappa shape index (κ3) is 8.56. The molecule has 0 radical (unpaired) electrons. The summed E-state index contributed by atoms with van der Waals surface area (Å²) < 4.78 is 26.8. The van der Waals surface area contributed by atoms with Crippen molar-refractivity contribution in [2.24, 2.45) is 16.8 Å². The lowest BCUT2D eigenvalue weighted by Gasteiger charge is -2.32. The van der Waals surface area contributed by atoms with Gasteiger partial charge in [0.1, 0.15) is 30.5 Å². The number of ether oxygens (including phenoxy) is 5. The summed E-state index contributed by atoms with van der Waals surface area (Å²) in [4.78, 5) is 86.8. The lowest BCUT2D eigenvalue weighted by molar-refractivity contribution is -0.154. The molecule has 2 N–H and O–H groups in total. The standard InChI is InChI=1S/C46H55N5O11/c1-23(2)40(48-45(56)59-7)43(54)51-25(4)9-14-36(51)44(55)62-22-38(52)28-10-12-30-29(16-28)21-61-39-19-31-27(17-33(30)39)11-13-34-32(31)18-35(47-34)37-15-24(3)20-50(37)42(53)41(26(5)58-6)49-46(57)60-8/h10-13,16-17,19,23-26,36-37,40-41H,9,14-15,18,20-22H2,1-8H3,(H,48,56)(H,49,57)/t24-,25-,26+,36-,37-,40-,41-/m0/s1. The molecule has 4 aliphatic heterocycles. The van der Waals surface area contributed by atoms with Gasteiger partial charge in [0.25, 0.3) is 0 Å². The van der Waals surface area contributed by atoms with Gasteiger partial charge in [-0.2, -0.15) is 0 Å². The van der Waals surface area contributed by atoms with Crippen LogP contribution in [0.2, 0.25) is 0 Å². The van der Waals surface area contributed by atoms with Gasteiger partial charge in [-0.3, -0.25) is 19.4 Å². The van der Waals surface area contributed by atoms with Crippen molar-refractivity contribution in [2.45, 2.75) is 103 Å². The number of hydrogen-bond acceptors (Lipinski definition) is 12. The summed E-state index contributed by atoms with van der Waals surface area (Å²) in [5.41, 5.74) is 5.73. The number of amides is 4. The molecule has 62 heavy (non-hydrogen) atoms. The minimum absolute atomic E-state index is 0.219. The van der Waals surface area contributed by atoms with E-state index in [1.54, 1.807) is 32.9 Å². The largest absolute Gasteiger partial charge is 0.488 e. The van der Waals surface area contributed by atoms with Gasteiger partial charge in [0.05, 0.1) is 32.1 Å². The van der Waals surface area contributed by atoms with Crippen LogP contribution in [0.15, 0.2) is 47.5 Å². The predicted molar refractivity (Wildman–Crippen MR) is 228 cm³/mol. The van der Waals surface area contributed by atoms with Crippen molar-refractivity contribution in [3.05, 3.63) is 59.2 Å². The minimum Gasteiger partial charge on any atom is -0.488 e. The molecule has 0 saturated carbocycles. The Morgan fingerprint density at radius 3 is 2.29 bits per heavy atom. The number of esters is 1. The van der Waals surface area contributed by atoms with Crippen LogP contribution >= 0.6 is 0 Å². The van der Waals surface area contributed by atoms with E-state index in [0.29, 0.717) is 37.1 Å². The topological polar surface area (TPSA) is 191 Å². The molecule has 4 amide bonds. The number of benzene rings is 3. The molecule has 0 spiro atoms. The van der Waals surface area contributed by atoms with Gasteiger partial charge in [0.2, 0.25) is 11.8 Å². The second kappa shape index (κ2) is 18.1. The number of likely N-dealkylation sites (tertiary alicyclic amines) is 2. The van der Waals surface area contributed by atoms with Crippen LogP contribution in [-0.4, -0.2) is 122 Å². The molecule has 7 rings (SSSR count). The van der Waals surface area contributed by atoms with Gasteiger partial charge < -0.3 is 44.1 Å². The Kier molecular flexibility index (Phi) is 12.9. The normalized spacial score (nSPS) is 21.5. The van der Waals surface area contributed by atoms with E-state index in [2.05, 4.69) is 23.6 Å². The monoisotopic (exact) mass is 853 g/mol. The number of ketones is 1. The fraction of sp³-hybridized carbons (Fsp3) is 0.500. The maximum atomic E-state index is 14.0. The van der Waals surface area contributed by atoms with Gasteiger partial charge in [0, 0.05) is 43.0 Å². The van der Waals surface area contributed by atoms with Crippen LogP contribution in [-0.2, 0) is 46.4 Å². The van der Waals surface area contributed by atoms with Gasteiger partial charge in [-0.1, -0.05) is 39.0 Å². The number of Topliss-reactive ketones (excluding diaryl/α,β-unsaturated/α-hetero) is 1.